The fraction of sp³-hybridized carbons (Fsp3) is 0.462. The van der Waals surface area contributed by atoms with E-state index in [9.17, 15) is 0 Å². The Morgan fingerprint density at radius 1 is 1.35 bits per heavy atom. The third-order valence-electron chi connectivity index (χ3n) is 2.71. The molecule has 1 heterocycles. The van der Waals surface area contributed by atoms with Crippen molar-refractivity contribution in [2.24, 2.45) is 0 Å². The minimum Gasteiger partial charge on any atom is -0.494 e. The number of halogens is 1. The molecule has 0 unspecified atom stereocenters. The van der Waals surface area contributed by atoms with Crippen molar-refractivity contribution in [3.8, 4) is 5.75 Å². The number of aromatic nitrogens is 2. The van der Waals surface area contributed by atoms with Gasteiger partial charge in [0.1, 0.15) is 11.6 Å². The van der Waals surface area contributed by atoms with Gasteiger partial charge in [-0.25, -0.2) is 4.98 Å². The van der Waals surface area contributed by atoms with E-state index in [1.807, 2.05) is 18.2 Å². The average molecular weight is 253 g/mol. The predicted molar refractivity (Wildman–Crippen MR) is 70.8 cm³/mol. The van der Waals surface area contributed by atoms with Gasteiger partial charge in [0.25, 0.3) is 0 Å². The van der Waals surface area contributed by atoms with E-state index in [0.29, 0.717) is 5.88 Å². The van der Waals surface area contributed by atoms with E-state index in [4.69, 9.17) is 16.3 Å². The molecule has 92 valence electrons. The van der Waals surface area contributed by atoms with E-state index in [1.54, 1.807) is 0 Å². The smallest absolute Gasteiger partial charge is 0.124 e. The molecule has 0 amide bonds. The number of nitrogens with zero attached hydrogens (tertiary/aromatic N) is 2. The molecule has 0 bridgehead atoms. The molecule has 1 aromatic heterocycles. The average Bonchev–Trinajstić information content (AvgIpc) is 2.72. The van der Waals surface area contributed by atoms with Crippen molar-refractivity contribution in [3.05, 3.63) is 24.0 Å². The standard InChI is InChI=1S/C13H17ClN2O/c1-3-7-17-10-5-6-12-11(8-10)15-13(9-14)16(12)4-2/h5-6,8H,3-4,7,9H2,1-2H3. The maximum atomic E-state index is 5.89. The van der Waals surface area contributed by atoms with Gasteiger partial charge >= 0.3 is 0 Å². The molecule has 0 spiro atoms. The highest BCUT2D eigenvalue weighted by Gasteiger charge is 2.09. The lowest BCUT2D eigenvalue weighted by molar-refractivity contribution is 0.318. The molecule has 1 aromatic carbocycles. The number of rotatable bonds is 5. The highest BCUT2D eigenvalue weighted by atomic mass is 35.5. The van der Waals surface area contributed by atoms with E-state index < -0.39 is 0 Å². The molecule has 17 heavy (non-hydrogen) atoms. The van der Waals surface area contributed by atoms with Crippen LogP contribution in [-0.4, -0.2) is 16.2 Å². The number of alkyl halides is 1. The van der Waals surface area contributed by atoms with Gasteiger partial charge in [-0.3, -0.25) is 0 Å². The number of hydrogen-bond acceptors (Lipinski definition) is 2. The van der Waals surface area contributed by atoms with Crippen LogP contribution < -0.4 is 4.74 Å². The Morgan fingerprint density at radius 3 is 2.82 bits per heavy atom. The number of ether oxygens (including phenoxy) is 1. The molecule has 2 aromatic rings. The van der Waals surface area contributed by atoms with Gasteiger partial charge in [-0.1, -0.05) is 6.92 Å². The maximum absolute atomic E-state index is 5.89. The normalized spacial score (nSPS) is 11.0. The Labute approximate surface area is 106 Å². The summed E-state index contributed by atoms with van der Waals surface area (Å²) in [4.78, 5) is 4.52. The first kappa shape index (κ1) is 12.2. The summed E-state index contributed by atoms with van der Waals surface area (Å²) in [6.45, 7) is 5.81. The number of hydrogen-bond donors (Lipinski definition) is 0. The van der Waals surface area contributed by atoms with E-state index in [-0.39, 0.29) is 0 Å². The van der Waals surface area contributed by atoms with Crippen molar-refractivity contribution in [2.45, 2.75) is 32.7 Å². The summed E-state index contributed by atoms with van der Waals surface area (Å²) >= 11 is 5.89. The Hall–Kier alpha value is -1.22. The predicted octanol–water partition coefficient (Wildman–Crippen LogP) is 3.58. The van der Waals surface area contributed by atoms with Crippen LogP contribution in [0.2, 0.25) is 0 Å². The molecule has 0 aliphatic heterocycles. The zero-order chi connectivity index (χ0) is 12.3. The Morgan fingerprint density at radius 2 is 2.18 bits per heavy atom. The third-order valence-corrected chi connectivity index (χ3v) is 2.95. The minimum atomic E-state index is 0.438. The van der Waals surface area contributed by atoms with Gasteiger partial charge in [-0.05, 0) is 25.5 Å². The Bertz CT molecular complexity index is 507. The van der Waals surface area contributed by atoms with E-state index in [2.05, 4.69) is 23.4 Å². The van der Waals surface area contributed by atoms with Crippen LogP contribution in [0.4, 0.5) is 0 Å². The summed E-state index contributed by atoms with van der Waals surface area (Å²) in [5, 5.41) is 0. The molecule has 4 heteroatoms. The molecule has 3 nitrogen and oxygen atoms in total. The summed E-state index contributed by atoms with van der Waals surface area (Å²) < 4.78 is 7.73. The number of fused-ring (bicyclic) bond motifs is 1. The summed E-state index contributed by atoms with van der Waals surface area (Å²) in [6.07, 6.45) is 1.01. The number of imidazole rings is 1. The first-order valence-corrected chi connectivity index (χ1v) is 6.51. The van der Waals surface area contributed by atoms with Gasteiger partial charge in [-0.15, -0.1) is 11.6 Å². The van der Waals surface area contributed by atoms with E-state index in [1.165, 1.54) is 0 Å². The van der Waals surface area contributed by atoms with Crippen molar-refractivity contribution < 1.29 is 4.74 Å². The van der Waals surface area contributed by atoms with Gasteiger partial charge in [-0.2, -0.15) is 0 Å². The van der Waals surface area contributed by atoms with Crippen LogP contribution in [0, 0.1) is 0 Å². The van der Waals surface area contributed by atoms with Crippen molar-refractivity contribution in [2.75, 3.05) is 6.61 Å². The zero-order valence-electron chi connectivity index (χ0n) is 10.2. The van der Waals surface area contributed by atoms with Gasteiger partial charge in [0.05, 0.1) is 23.5 Å². The third kappa shape index (κ3) is 2.39. The topological polar surface area (TPSA) is 27.1 Å². The van der Waals surface area contributed by atoms with Crippen LogP contribution in [0.25, 0.3) is 11.0 Å². The quantitative estimate of drug-likeness (QED) is 0.761. The monoisotopic (exact) mass is 252 g/mol. The lowest BCUT2D eigenvalue weighted by Gasteiger charge is -2.05. The molecule has 0 saturated carbocycles. The molecule has 0 saturated heterocycles. The summed E-state index contributed by atoms with van der Waals surface area (Å²) in [5.74, 6) is 2.23. The molecule has 0 radical (unpaired) electrons. The second-order valence-corrected chi connectivity index (χ2v) is 4.17. The van der Waals surface area contributed by atoms with Crippen LogP contribution in [-0.2, 0) is 12.4 Å². The van der Waals surface area contributed by atoms with Crippen molar-refractivity contribution in [1.29, 1.82) is 0 Å². The van der Waals surface area contributed by atoms with Crippen LogP contribution >= 0.6 is 11.6 Å². The first-order chi connectivity index (χ1) is 8.30. The zero-order valence-corrected chi connectivity index (χ0v) is 11.0. The summed E-state index contributed by atoms with van der Waals surface area (Å²) in [7, 11) is 0. The van der Waals surface area contributed by atoms with E-state index >= 15 is 0 Å². The van der Waals surface area contributed by atoms with Crippen LogP contribution in [0.15, 0.2) is 18.2 Å². The molecule has 2 rings (SSSR count). The van der Waals surface area contributed by atoms with Gasteiger partial charge in [0.15, 0.2) is 0 Å². The number of benzene rings is 1. The van der Waals surface area contributed by atoms with Crippen molar-refractivity contribution in [3.63, 3.8) is 0 Å². The van der Waals surface area contributed by atoms with Gasteiger partial charge < -0.3 is 9.30 Å². The molecule has 0 atom stereocenters. The fourth-order valence-corrected chi connectivity index (χ4v) is 2.13. The second kappa shape index (κ2) is 5.41. The number of aryl methyl sites for hydroxylation is 1. The van der Waals surface area contributed by atoms with Crippen LogP contribution in [0.5, 0.6) is 5.75 Å². The molecule has 0 aliphatic carbocycles. The highest BCUT2D eigenvalue weighted by molar-refractivity contribution is 6.16. The molecule has 0 fully saturated rings. The van der Waals surface area contributed by atoms with E-state index in [0.717, 1.165) is 42.2 Å². The fourth-order valence-electron chi connectivity index (χ4n) is 1.92. The maximum Gasteiger partial charge on any atom is 0.124 e. The van der Waals surface area contributed by atoms with Crippen LogP contribution in [0.3, 0.4) is 0 Å². The lowest BCUT2D eigenvalue weighted by Crippen LogP contribution is -1.99. The van der Waals surface area contributed by atoms with Crippen LogP contribution in [0.1, 0.15) is 26.1 Å². The van der Waals surface area contributed by atoms with Gasteiger partial charge in [0, 0.05) is 12.6 Å². The highest BCUT2D eigenvalue weighted by Crippen LogP contribution is 2.22. The molecular weight excluding hydrogens is 236 g/mol. The second-order valence-electron chi connectivity index (χ2n) is 3.90. The Balaban J connectivity index is 2.41. The summed E-state index contributed by atoms with van der Waals surface area (Å²) in [5.41, 5.74) is 2.07. The van der Waals surface area contributed by atoms with Crippen molar-refractivity contribution >= 4 is 22.6 Å². The van der Waals surface area contributed by atoms with Crippen molar-refractivity contribution in [1.82, 2.24) is 9.55 Å². The largest absolute Gasteiger partial charge is 0.494 e. The molecule has 0 aliphatic rings. The first-order valence-electron chi connectivity index (χ1n) is 5.98. The molecular formula is C13H17ClN2O. The summed E-state index contributed by atoms with van der Waals surface area (Å²) in [6, 6.07) is 6.02. The lowest BCUT2D eigenvalue weighted by atomic mass is 10.3. The molecule has 0 N–H and O–H groups in total. The minimum absolute atomic E-state index is 0.438. The SMILES string of the molecule is CCCOc1ccc2c(c1)nc(CCl)n2CC. The van der Waals surface area contributed by atoms with Gasteiger partial charge in [0.2, 0.25) is 0 Å². The Kier molecular flexibility index (Phi) is 3.89.